The van der Waals surface area contributed by atoms with Crippen molar-refractivity contribution in [2.45, 2.75) is 38.5 Å². The average molecular weight is 579 g/mol. The fraction of sp³-hybridized carbons (Fsp3) is 0.233. The van der Waals surface area contributed by atoms with Gasteiger partial charge in [-0.3, -0.25) is 9.59 Å². The van der Waals surface area contributed by atoms with Crippen molar-refractivity contribution in [3.05, 3.63) is 82.0 Å². The maximum absolute atomic E-state index is 13.1. The van der Waals surface area contributed by atoms with Crippen molar-refractivity contribution >= 4 is 41.4 Å². The molecule has 0 radical (unpaired) electrons. The summed E-state index contributed by atoms with van der Waals surface area (Å²) >= 11 is 8.07. The molecule has 1 aliphatic heterocycles. The standard InChI is InChI=1S/C27H22ClN3O3S.C2H6.CH3NO/c1-15-20-10-4-16-3-5-17(29-27(32)22-12-24-25(13-23(22)28)34-14-33-24)11-21(16)26(20)31(30-15)18-6-8-19(35-2)9-7-18;1-2;2-1-3/h3,5-9,11-13H,4,10,14H2,1-2H3,(H,29,32);1-2H3;1H,(H2,2,3). The summed E-state index contributed by atoms with van der Waals surface area (Å²) in [5.41, 5.74) is 11.9. The van der Waals surface area contributed by atoms with Gasteiger partial charge in [-0.15, -0.1) is 11.8 Å². The second-order valence-electron chi connectivity index (χ2n) is 8.67. The van der Waals surface area contributed by atoms with Crippen LogP contribution >= 0.6 is 23.4 Å². The minimum absolute atomic E-state index is 0.122. The Morgan fingerprint density at radius 2 is 1.75 bits per heavy atom. The maximum Gasteiger partial charge on any atom is 0.257 e. The lowest BCUT2D eigenvalue weighted by Crippen LogP contribution is -2.14. The largest absolute Gasteiger partial charge is 0.454 e. The van der Waals surface area contributed by atoms with Crippen molar-refractivity contribution in [1.82, 2.24) is 9.78 Å². The smallest absolute Gasteiger partial charge is 0.257 e. The van der Waals surface area contributed by atoms with Crippen LogP contribution in [0.4, 0.5) is 5.69 Å². The third-order valence-electron chi connectivity index (χ3n) is 6.48. The number of nitrogens with one attached hydrogen (secondary N) is 1. The van der Waals surface area contributed by atoms with Crippen molar-refractivity contribution in [2.75, 3.05) is 18.4 Å². The molecular formula is C30H31ClN4O4S. The number of halogens is 1. The molecule has 4 aromatic rings. The number of anilines is 1. The van der Waals surface area contributed by atoms with Crippen LogP contribution in [-0.4, -0.2) is 35.1 Å². The van der Waals surface area contributed by atoms with E-state index >= 15 is 0 Å². The second kappa shape index (κ2) is 12.9. The molecule has 0 fully saturated rings. The Bertz CT molecular complexity index is 1540. The normalized spacial score (nSPS) is 12.1. The van der Waals surface area contributed by atoms with E-state index in [1.54, 1.807) is 23.9 Å². The lowest BCUT2D eigenvalue weighted by atomic mass is 9.88. The summed E-state index contributed by atoms with van der Waals surface area (Å²) in [6, 6.07) is 17.7. The third-order valence-corrected chi connectivity index (χ3v) is 7.53. The van der Waals surface area contributed by atoms with Gasteiger partial charge in [-0.2, -0.15) is 5.10 Å². The molecule has 2 heterocycles. The van der Waals surface area contributed by atoms with Crippen LogP contribution in [0.25, 0.3) is 16.9 Å². The van der Waals surface area contributed by atoms with Crippen LogP contribution in [0, 0.1) is 6.92 Å². The fourth-order valence-electron chi connectivity index (χ4n) is 4.69. The van der Waals surface area contributed by atoms with E-state index in [1.807, 2.05) is 30.7 Å². The summed E-state index contributed by atoms with van der Waals surface area (Å²) in [6.07, 6.45) is 4.19. The number of carbonyl (C=O) groups excluding carboxylic acids is 2. The van der Waals surface area contributed by atoms with Gasteiger partial charge < -0.3 is 20.5 Å². The molecule has 6 rings (SSSR count). The number of hydrogen-bond acceptors (Lipinski definition) is 6. The van der Waals surface area contributed by atoms with Crippen LogP contribution in [0.5, 0.6) is 11.5 Å². The lowest BCUT2D eigenvalue weighted by Gasteiger charge is -2.20. The van der Waals surface area contributed by atoms with Gasteiger partial charge in [-0.25, -0.2) is 4.68 Å². The van der Waals surface area contributed by atoms with E-state index < -0.39 is 0 Å². The first-order valence-corrected chi connectivity index (χ1v) is 14.5. The number of carbonyl (C=O) groups is 2. The highest BCUT2D eigenvalue weighted by Gasteiger charge is 2.25. The molecule has 0 spiro atoms. The molecule has 2 aliphatic rings. The summed E-state index contributed by atoms with van der Waals surface area (Å²) in [7, 11) is 0. The maximum atomic E-state index is 13.1. The topological polar surface area (TPSA) is 108 Å². The molecule has 0 unspecified atom stereocenters. The quantitative estimate of drug-likeness (QED) is 0.213. The first-order chi connectivity index (χ1) is 19.4. The second-order valence-corrected chi connectivity index (χ2v) is 9.96. The highest BCUT2D eigenvalue weighted by Crippen LogP contribution is 2.39. The first kappa shape index (κ1) is 29.0. The highest BCUT2D eigenvalue weighted by molar-refractivity contribution is 7.98. The molecule has 10 heteroatoms. The van der Waals surface area contributed by atoms with Crippen LogP contribution in [0.1, 0.15) is 41.0 Å². The number of fused-ring (bicyclic) bond motifs is 4. The van der Waals surface area contributed by atoms with Gasteiger partial charge in [-0.1, -0.05) is 31.5 Å². The number of aryl methyl sites for hydroxylation is 2. The van der Waals surface area contributed by atoms with Gasteiger partial charge in [0.05, 0.1) is 27.7 Å². The number of nitrogens with two attached hydrogens (primary N) is 1. The predicted molar refractivity (Wildman–Crippen MR) is 160 cm³/mol. The highest BCUT2D eigenvalue weighted by atomic mass is 35.5. The molecule has 0 bridgehead atoms. The van der Waals surface area contributed by atoms with Crippen LogP contribution in [-0.2, 0) is 17.6 Å². The van der Waals surface area contributed by atoms with Gasteiger partial charge in [0, 0.05) is 27.8 Å². The van der Waals surface area contributed by atoms with Gasteiger partial charge in [0.25, 0.3) is 5.91 Å². The molecule has 3 N–H and O–H groups in total. The number of aromatic nitrogens is 2. The molecule has 0 saturated carbocycles. The van der Waals surface area contributed by atoms with Gasteiger partial charge in [-0.05, 0) is 74.0 Å². The molecule has 1 aliphatic carbocycles. The van der Waals surface area contributed by atoms with Crippen LogP contribution in [0.3, 0.4) is 0 Å². The molecule has 0 saturated heterocycles. The molecule has 40 heavy (non-hydrogen) atoms. The van der Waals surface area contributed by atoms with E-state index in [0.29, 0.717) is 27.8 Å². The molecule has 8 nitrogen and oxygen atoms in total. The molecule has 208 valence electrons. The Labute approximate surface area is 242 Å². The first-order valence-electron chi connectivity index (χ1n) is 12.9. The van der Waals surface area contributed by atoms with Crippen molar-refractivity contribution in [1.29, 1.82) is 0 Å². The third kappa shape index (κ3) is 5.80. The van der Waals surface area contributed by atoms with Crippen molar-refractivity contribution in [2.24, 2.45) is 5.73 Å². The van der Waals surface area contributed by atoms with E-state index in [4.69, 9.17) is 31.0 Å². The number of benzene rings is 3. The van der Waals surface area contributed by atoms with Gasteiger partial charge in [0.2, 0.25) is 13.2 Å². The zero-order chi connectivity index (χ0) is 28.8. The summed E-state index contributed by atoms with van der Waals surface area (Å²) in [5.74, 6) is 0.755. The van der Waals surface area contributed by atoms with Crippen molar-refractivity contribution in [3.8, 4) is 28.4 Å². The van der Waals surface area contributed by atoms with Gasteiger partial charge >= 0.3 is 0 Å². The Morgan fingerprint density at radius 3 is 2.42 bits per heavy atom. The number of hydrogen-bond donors (Lipinski definition) is 2. The van der Waals surface area contributed by atoms with E-state index in [2.05, 4.69) is 54.6 Å². The number of primary amides is 1. The molecule has 2 amide bonds. The molecule has 1 aromatic heterocycles. The minimum atomic E-state index is -0.304. The van der Waals surface area contributed by atoms with E-state index in [9.17, 15) is 4.79 Å². The Kier molecular flexibility index (Phi) is 9.39. The van der Waals surface area contributed by atoms with Crippen LogP contribution in [0.15, 0.2) is 59.5 Å². The van der Waals surface area contributed by atoms with Crippen LogP contribution < -0.4 is 20.5 Å². The molecular weight excluding hydrogens is 548 g/mol. The molecule has 3 aromatic carbocycles. The molecule has 0 atom stereocenters. The van der Waals surface area contributed by atoms with E-state index in [0.717, 1.165) is 35.5 Å². The number of ether oxygens (including phenoxy) is 2. The average Bonchev–Trinajstić information content (AvgIpc) is 3.57. The summed E-state index contributed by atoms with van der Waals surface area (Å²) in [4.78, 5) is 22.9. The monoisotopic (exact) mass is 578 g/mol. The Morgan fingerprint density at radius 1 is 1.07 bits per heavy atom. The Balaban J connectivity index is 0.000000695. The van der Waals surface area contributed by atoms with Crippen LogP contribution in [0.2, 0.25) is 5.02 Å². The fourth-order valence-corrected chi connectivity index (χ4v) is 5.34. The van der Waals surface area contributed by atoms with Crippen molar-refractivity contribution < 1.29 is 19.1 Å². The zero-order valence-electron chi connectivity index (χ0n) is 22.8. The number of thioether (sulfide) groups is 1. The summed E-state index contributed by atoms with van der Waals surface area (Å²) in [6.45, 7) is 6.18. The lowest BCUT2D eigenvalue weighted by molar-refractivity contribution is -0.106. The number of amides is 2. The summed E-state index contributed by atoms with van der Waals surface area (Å²) < 4.78 is 12.8. The van der Waals surface area contributed by atoms with Crippen molar-refractivity contribution in [3.63, 3.8) is 0 Å². The number of rotatable bonds is 4. The van der Waals surface area contributed by atoms with E-state index in [-0.39, 0.29) is 19.1 Å². The van der Waals surface area contributed by atoms with E-state index in [1.165, 1.54) is 16.0 Å². The van der Waals surface area contributed by atoms with Gasteiger partial charge in [0.1, 0.15) is 0 Å². The Hall–Kier alpha value is -3.95. The van der Waals surface area contributed by atoms with Gasteiger partial charge in [0.15, 0.2) is 11.5 Å². The summed E-state index contributed by atoms with van der Waals surface area (Å²) in [5, 5.41) is 8.19. The number of nitrogens with zero attached hydrogens (tertiary/aromatic N) is 2. The SMILES string of the molecule is CC.CSc1ccc(-n2nc(C)c3c2-c2cc(NC(=O)c4cc5c(cc4Cl)OCO5)ccc2CC3)cc1.NC=O. The minimum Gasteiger partial charge on any atom is -0.454 e. The zero-order valence-corrected chi connectivity index (χ0v) is 24.4. The predicted octanol–water partition coefficient (Wildman–Crippen LogP) is 6.43.